The van der Waals surface area contributed by atoms with Crippen molar-refractivity contribution in [3.63, 3.8) is 0 Å². The van der Waals surface area contributed by atoms with Crippen LogP contribution in [-0.2, 0) is 13.6 Å². The molecule has 0 aliphatic carbocycles. The molecule has 1 aromatic rings. The van der Waals surface area contributed by atoms with Crippen LogP contribution in [0.2, 0.25) is 0 Å². The maximum absolute atomic E-state index is 4.21. The molecule has 0 aromatic carbocycles. The Balaban J connectivity index is 2.98. The SMILES string of the molecule is CCn1c[n+](C)c(C)n1. The zero-order valence-electron chi connectivity index (χ0n) is 6.13. The van der Waals surface area contributed by atoms with Crippen molar-refractivity contribution in [1.82, 2.24) is 9.78 Å². The van der Waals surface area contributed by atoms with Crippen molar-refractivity contribution >= 4 is 0 Å². The molecule has 0 atom stereocenters. The second-order valence-corrected chi connectivity index (χ2v) is 2.13. The highest BCUT2D eigenvalue weighted by Crippen LogP contribution is 1.81. The molecule has 1 heterocycles. The molecule has 0 fully saturated rings. The highest BCUT2D eigenvalue weighted by atomic mass is 15.4. The van der Waals surface area contributed by atoms with Gasteiger partial charge in [0.05, 0.1) is 7.05 Å². The van der Waals surface area contributed by atoms with Gasteiger partial charge in [-0.1, -0.05) is 0 Å². The van der Waals surface area contributed by atoms with Gasteiger partial charge in [0.2, 0.25) is 6.33 Å². The Labute approximate surface area is 54.9 Å². The predicted molar refractivity (Wildman–Crippen MR) is 33.8 cm³/mol. The lowest BCUT2D eigenvalue weighted by molar-refractivity contribution is -0.678. The van der Waals surface area contributed by atoms with Crippen molar-refractivity contribution in [1.29, 1.82) is 0 Å². The van der Waals surface area contributed by atoms with Gasteiger partial charge >= 0.3 is 0 Å². The highest BCUT2D eigenvalue weighted by Gasteiger charge is 2.04. The van der Waals surface area contributed by atoms with Crippen LogP contribution in [0.5, 0.6) is 0 Å². The molecule has 0 saturated heterocycles. The van der Waals surface area contributed by atoms with Crippen LogP contribution in [0.25, 0.3) is 0 Å². The van der Waals surface area contributed by atoms with Gasteiger partial charge in [-0.15, -0.1) is 4.68 Å². The van der Waals surface area contributed by atoms with Gasteiger partial charge in [0.1, 0.15) is 6.54 Å². The molecule has 0 radical (unpaired) electrons. The monoisotopic (exact) mass is 126 g/mol. The van der Waals surface area contributed by atoms with Crippen LogP contribution in [0.15, 0.2) is 6.33 Å². The Hall–Kier alpha value is -0.860. The molecule has 0 N–H and O–H groups in total. The van der Waals surface area contributed by atoms with E-state index in [0.29, 0.717) is 0 Å². The lowest BCUT2D eigenvalue weighted by Gasteiger charge is -1.77. The third kappa shape index (κ3) is 1.09. The molecule has 0 amide bonds. The number of nitrogens with zero attached hydrogens (tertiary/aromatic N) is 3. The van der Waals surface area contributed by atoms with E-state index in [1.807, 2.05) is 29.5 Å². The largest absolute Gasteiger partial charge is 0.274 e. The van der Waals surface area contributed by atoms with E-state index in [1.165, 1.54) is 0 Å². The summed E-state index contributed by atoms with van der Waals surface area (Å²) in [5.41, 5.74) is 0. The third-order valence-electron chi connectivity index (χ3n) is 1.41. The van der Waals surface area contributed by atoms with E-state index in [2.05, 4.69) is 12.0 Å². The lowest BCUT2D eigenvalue weighted by atomic mass is 10.7. The smallest absolute Gasteiger partial charge is 0.238 e. The topological polar surface area (TPSA) is 21.7 Å². The van der Waals surface area contributed by atoms with Crippen LogP contribution in [-0.4, -0.2) is 9.78 Å². The Morgan fingerprint density at radius 1 is 1.78 bits per heavy atom. The van der Waals surface area contributed by atoms with E-state index in [0.717, 1.165) is 12.4 Å². The Morgan fingerprint density at radius 3 is 2.67 bits per heavy atom. The van der Waals surface area contributed by atoms with E-state index < -0.39 is 0 Å². The molecule has 0 saturated carbocycles. The summed E-state index contributed by atoms with van der Waals surface area (Å²) in [5, 5.41) is 4.21. The van der Waals surface area contributed by atoms with Crippen LogP contribution in [0.4, 0.5) is 0 Å². The number of hydrogen-bond acceptors (Lipinski definition) is 1. The Morgan fingerprint density at radius 2 is 2.44 bits per heavy atom. The second kappa shape index (κ2) is 2.17. The number of aromatic nitrogens is 3. The molecule has 1 rings (SSSR count). The first-order chi connectivity index (χ1) is 4.24. The lowest BCUT2D eigenvalue weighted by Crippen LogP contribution is -2.28. The van der Waals surface area contributed by atoms with Crippen molar-refractivity contribution in [3.05, 3.63) is 12.2 Å². The summed E-state index contributed by atoms with van der Waals surface area (Å²) in [4.78, 5) is 0. The van der Waals surface area contributed by atoms with Gasteiger partial charge in [0.25, 0.3) is 5.82 Å². The number of hydrogen-bond donors (Lipinski definition) is 0. The zero-order valence-corrected chi connectivity index (χ0v) is 6.13. The fourth-order valence-corrected chi connectivity index (χ4v) is 0.718. The molecule has 0 bridgehead atoms. The summed E-state index contributed by atoms with van der Waals surface area (Å²) < 4.78 is 3.92. The molecule has 0 aliphatic rings. The van der Waals surface area contributed by atoms with Crippen molar-refractivity contribution in [2.24, 2.45) is 7.05 Å². The summed E-state index contributed by atoms with van der Waals surface area (Å²) in [7, 11) is 1.99. The van der Waals surface area contributed by atoms with Crippen LogP contribution in [0, 0.1) is 6.92 Å². The summed E-state index contributed by atoms with van der Waals surface area (Å²) in [6.45, 7) is 5.01. The van der Waals surface area contributed by atoms with Crippen LogP contribution >= 0.6 is 0 Å². The molecule has 3 heteroatoms. The minimum absolute atomic E-state index is 0.946. The van der Waals surface area contributed by atoms with E-state index >= 15 is 0 Å². The first kappa shape index (κ1) is 6.26. The van der Waals surface area contributed by atoms with Gasteiger partial charge in [-0.25, -0.2) is 4.57 Å². The molecule has 1 aromatic heterocycles. The quantitative estimate of drug-likeness (QED) is 0.487. The van der Waals surface area contributed by atoms with Crippen LogP contribution in [0.3, 0.4) is 0 Å². The maximum Gasteiger partial charge on any atom is 0.274 e. The fourth-order valence-electron chi connectivity index (χ4n) is 0.718. The van der Waals surface area contributed by atoms with Gasteiger partial charge in [0, 0.05) is 12.0 Å². The average Bonchev–Trinajstić information content (AvgIpc) is 2.13. The molecule has 0 spiro atoms. The summed E-state index contributed by atoms with van der Waals surface area (Å²) in [6.07, 6.45) is 1.98. The van der Waals surface area contributed by atoms with Crippen LogP contribution < -0.4 is 4.57 Å². The van der Waals surface area contributed by atoms with Crippen LogP contribution in [0.1, 0.15) is 12.7 Å². The van der Waals surface area contributed by atoms with Crippen molar-refractivity contribution < 1.29 is 4.57 Å². The molecule has 9 heavy (non-hydrogen) atoms. The normalized spacial score (nSPS) is 10.1. The molecular weight excluding hydrogens is 114 g/mol. The zero-order chi connectivity index (χ0) is 6.85. The van der Waals surface area contributed by atoms with E-state index in [-0.39, 0.29) is 0 Å². The van der Waals surface area contributed by atoms with Gasteiger partial charge in [-0.2, -0.15) is 0 Å². The van der Waals surface area contributed by atoms with Gasteiger partial charge in [-0.05, 0) is 6.92 Å². The molecule has 0 aliphatic heterocycles. The Kier molecular flexibility index (Phi) is 1.51. The first-order valence-electron chi connectivity index (χ1n) is 3.13. The van der Waals surface area contributed by atoms with Gasteiger partial charge in [0.15, 0.2) is 0 Å². The maximum atomic E-state index is 4.21. The van der Waals surface area contributed by atoms with Crippen molar-refractivity contribution in [2.75, 3.05) is 0 Å². The first-order valence-corrected chi connectivity index (χ1v) is 3.13. The van der Waals surface area contributed by atoms with E-state index in [4.69, 9.17) is 0 Å². The minimum atomic E-state index is 0.946. The molecule has 50 valence electrons. The third-order valence-corrected chi connectivity index (χ3v) is 1.41. The number of rotatable bonds is 1. The molecule has 0 unspecified atom stereocenters. The van der Waals surface area contributed by atoms with E-state index in [1.54, 1.807) is 0 Å². The Bertz CT molecular complexity index is 183. The van der Waals surface area contributed by atoms with Crippen molar-refractivity contribution in [2.45, 2.75) is 20.4 Å². The van der Waals surface area contributed by atoms with Gasteiger partial charge in [-0.3, -0.25) is 0 Å². The number of aryl methyl sites for hydroxylation is 3. The summed E-state index contributed by atoms with van der Waals surface area (Å²) in [6, 6.07) is 0. The predicted octanol–water partition coefficient (Wildman–Crippen LogP) is 0.0359. The summed E-state index contributed by atoms with van der Waals surface area (Å²) >= 11 is 0. The molecular formula is C6H12N3+. The second-order valence-electron chi connectivity index (χ2n) is 2.13. The minimum Gasteiger partial charge on any atom is -0.238 e. The highest BCUT2D eigenvalue weighted by molar-refractivity contribution is 4.61. The fraction of sp³-hybridized carbons (Fsp3) is 0.667. The van der Waals surface area contributed by atoms with E-state index in [9.17, 15) is 0 Å². The average molecular weight is 126 g/mol. The van der Waals surface area contributed by atoms with Crippen molar-refractivity contribution in [3.8, 4) is 0 Å². The standard InChI is InChI=1S/C6H12N3/c1-4-9-5-8(3)6(2)7-9/h5H,4H2,1-3H3/q+1. The molecule has 3 nitrogen and oxygen atoms in total. The van der Waals surface area contributed by atoms with Gasteiger partial charge < -0.3 is 0 Å². The summed E-state index contributed by atoms with van der Waals surface area (Å²) in [5.74, 6) is 1.05.